The van der Waals surface area contributed by atoms with Gasteiger partial charge in [-0.1, -0.05) is 15.9 Å². The Bertz CT molecular complexity index is 599. The highest BCUT2D eigenvalue weighted by molar-refractivity contribution is 9.10. The SMILES string of the molecule is COCCCn1cc(C)nc1Nc1cc(C)c(Br)c(C)c1. The number of benzene rings is 1. The molecule has 2 aromatic rings. The summed E-state index contributed by atoms with van der Waals surface area (Å²) in [7, 11) is 1.73. The minimum atomic E-state index is 0.757. The van der Waals surface area contributed by atoms with Crippen molar-refractivity contribution in [3.05, 3.63) is 39.6 Å². The molecule has 21 heavy (non-hydrogen) atoms. The minimum Gasteiger partial charge on any atom is -0.385 e. The van der Waals surface area contributed by atoms with E-state index in [4.69, 9.17) is 4.74 Å². The van der Waals surface area contributed by atoms with Gasteiger partial charge in [0.15, 0.2) is 0 Å². The summed E-state index contributed by atoms with van der Waals surface area (Å²) in [5, 5.41) is 3.42. The van der Waals surface area contributed by atoms with Gasteiger partial charge in [0.25, 0.3) is 0 Å². The van der Waals surface area contributed by atoms with Crippen molar-refractivity contribution in [1.82, 2.24) is 9.55 Å². The number of methoxy groups -OCH3 is 1. The Balaban J connectivity index is 2.19. The zero-order chi connectivity index (χ0) is 15.4. The minimum absolute atomic E-state index is 0.757. The summed E-state index contributed by atoms with van der Waals surface area (Å²) in [6, 6.07) is 4.25. The Kier molecular flexibility index (Phi) is 5.42. The van der Waals surface area contributed by atoms with Gasteiger partial charge in [-0.2, -0.15) is 0 Å². The summed E-state index contributed by atoms with van der Waals surface area (Å²) in [6.07, 6.45) is 3.04. The van der Waals surface area contributed by atoms with Gasteiger partial charge in [-0.05, 0) is 50.5 Å². The van der Waals surface area contributed by atoms with Crippen molar-refractivity contribution < 1.29 is 4.74 Å². The van der Waals surface area contributed by atoms with Crippen LogP contribution in [0, 0.1) is 20.8 Å². The number of hydrogen-bond acceptors (Lipinski definition) is 3. The van der Waals surface area contributed by atoms with Gasteiger partial charge in [-0.3, -0.25) is 0 Å². The number of hydrogen-bond donors (Lipinski definition) is 1. The van der Waals surface area contributed by atoms with E-state index in [2.05, 4.69) is 63.0 Å². The number of ether oxygens (including phenoxy) is 1. The molecule has 0 radical (unpaired) electrons. The van der Waals surface area contributed by atoms with E-state index in [1.54, 1.807) is 7.11 Å². The molecule has 0 atom stereocenters. The van der Waals surface area contributed by atoms with Gasteiger partial charge in [0, 0.05) is 36.6 Å². The predicted molar refractivity (Wildman–Crippen MR) is 90.4 cm³/mol. The monoisotopic (exact) mass is 351 g/mol. The van der Waals surface area contributed by atoms with Crippen molar-refractivity contribution in [2.75, 3.05) is 19.0 Å². The Morgan fingerprint density at radius 2 is 1.90 bits per heavy atom. The summed E-state index contributed by atoms with van der Waals surface area (Å²) in [6.45, 7) is 7.85. The maximum absolute atomic E-state index is 5.11. The fourth-order valence-corrected chi connectivity index (χ4v) is 2.57. The lowest BCUT2D eigenvalue weighted by Crippen LogP contribution is -2.05. The zero-order valence-corrected chi connectivity index (χ0v) is 14.6. The van der Waals surface area contributed by atoms with Crippen molar-refractivity contribution >= 4 is 27.6 Å². The van der Waals surface area contributed by atoms with Gasteiger partial charge in [-0.25, -0.2) is 4.98 Å². The second kappa shape index (κ2) is 7.09. The lowest BCUT2D eigenvalue weighted by molar-refractivity contribution is 0.190. The van der Waals surface area contributed by atoms with Gasteiger partial charge in [-0.15, -0.1) is 0 Å². The number of anilines is 2. The summed E-state index contributed by atoms with van der Waals surface area (Å²) >= 11 is 3.60. The second-order valence-corrected chi connectivity index (χ2v) is 6.09. The van der Waals surface area contributed by atoms with E-state index in [0.717, 1.165) is 41.4 Å². The largest absolute Gasteiger partial charge is 0.385 e. The fraction of sp³-hybridized carbons (Fsp3) is 0.438. The molecule has 114 valence electrons. The van der Waals surface area contributed by atoms with Crippen LogP contribution >= 0.6 is 15.9 Å². The quantitative estimate of drug-likeness (QED) is 0.786. The van der Waals surface area contributed by atoms with Gasteiger partial charge < -0.3 is 14.6 Å². The van der Waals surface area contributed by atoms with Gasteiger partial charge in [0.1, 0.15) is 0 Å². The molecular formula is C16H22BrN3O. The van der Waals surface area contributed by atoms with Crippen LogP contribution in [0.25, 0.3) is 0 Å². The van der Waals surface area contributed by atoms with E-state index < -0.39 is 0 Å². The third-order valence-corrected chi connectivity index (χ3v) is 4.59. The summed E-state index contributed by atoms with van der Waals surface area (Å²) < 4.78 is 8.41. The molecule has 2 rings (SSSR count). The average Bonchev–Trinajstić information content (AvgIpc) is 2.76. The smallest absolute Gasteiger partial charge is 0.207 e. The highest BCUT2D eigenvalue weighted by atomic mass is 79.9. The van der Waals surface area contributed by atoms with E-state index >= 15 is 0 Å². The van der Waals surface area contributed by atoms with Gasteiger partial charge in [0.2, 0.25) is 5.95 Å². The Hall–Kier alpha value is -1.33. The van der Waals surface area contributed by atoms with Crippen molar-refractivity contribution in [3.63, 3.8) is 0 Å². The first-order chi connectivity index (χ1) is 10.0. The summed E-state index contributed by atoms with van der Waals surface area (Å²) in [5.41, 5.74) is 4.51. The number of aromatic nitrogens is 2. The molecule has 1 aromatic carbocycles. The van der Waals surface area contributed by atoms with Crippen molar-refractivity contribution in [2.45, 2.75) is 33.7 Å². The molecule has 1 N–H and O–H groups in total. The van der Waals surface area contributed by atoms with E-state index in [-0.39, 0.29) is 0 Å². The van der Waals surface area contributed by atoms with Crippen LogP contribution in [-0.2, 0) is 11.3 Å². The summed E-state index contributed by atoms with van der Waals surface area (Å²) in [4.78, 5) is 4.57. The molecule has 0 aliphatic carbocycles. The molecule has 0 bridgehead atoms. The molecule has 0 spiro atoms. The number of rotatable bonds is 6. The van der Waals surface area contributed by atoms with E-state index in [1.807, 2.05) is 6.92 Å². The van der Waals surface area contributed by atoms with E-state index in [9.17, 15) is 0 Å². The van der Waals surface area contributed by atoms with Crippen molar-refractivity contribution in [2.24, 2.45) is 0 Å². The van der Waals surface area contributed by atoms with Crippen LogP contribution in [-0.4, -0.2) is 23.3 Å². The van der Waals surface area contributed by atoms with Crippen molar-refractivity contribution in [3.8, 4) is 0 Å². The molecule has 0 saturated carbocycles. The number of nitrogens with zero attached hydrogens (tertiary/aromatic N) is 2. The van der Waals surface area contributed by atoms with E-state index in [1.165, 1.54) is 11.1 Å². The molecule has 0 unspecified atom stereocenters. The topological polar surface area (TPSA) is 39.1 Å². The lowest BCUT2D eigenvalue weighted by atomic mass is 10.1. The highest BCUT2D eigenvalue weighted by Crippen LogP contribution is 2.26. The number of aryl methyl sites for hydroxylation is 4. The molecule has 0 amide bonds. The highest BCUT2D eigenvalue weighted by Gasteiger charge is 2.08. The Morgan fingerprint density at radius 3 is 2.52 bits per heavy atom. The molecule has 1 aromatic heterocycles. The number of imidazole rings is 1. The third-order valence-electron chi connectivity index (χ3n) is 3.34. The maximum Gasteiger partial charge on any atom is 0.207 e. The van der Waals surface area contributed by atoms with Crippen LogP contribution < -0.4 is 5.32 Å². The fourth-order valence-electron chi connectivity index (χ4n) is 2.34. The first-order valence-electron chi connectivity index (χ1n) is 7.07. The van der Waals surface area contributed by atoms with Crippen LogP contribution in [0.3, 0.4) is 0 Å². The van der Waals surface area contributed by atoms with Crippen LogP contribution in [0.4, 0.5) is 11.6 Å². The standard InChI is InChI=1S/C16H22BrN3O/c1-11-8-14(9-12(2)15(11)17)19-16-18-13(3)10-20(16)6-5-7-21-4/h8-10H,5-7H2,1-4H3,(H,18,19). The zero-order valence-electron chi connectivity index (χ0n) is 13.0. The predicted octanol–water partition coefficient (Wildman–Crippen LogP) is 4.35. The molecule has 5 heteroatoms. The Morgan fingerprint density at radius 1 is 1.24 bits per heavy atom. The normalized spacial score (nSPS) is 10.9. The average molecular weight is 352 g/mol. The first-order valence-corrected chi connectivity index (χ1v) is 7.87. The van der Waals surface area contributed by atoms with Crippen LogP contribution in [0.2, 0.25) is 0 Å². The maximum atomic E-state index is 5.11. The molecule has 0 fully saturated rings. The van der Waals surface area contributed by atoms with Crippen molar-refractivity contribution in [1.29, 1.82) is 0 Å². The number of nitrogens with one attached hydrogen (secondary N) is 1. The third kappa shape index (κ3) is 4.08. The molecular weight excluding hydrogens is 330 g/mol. The first kappa shape index (κ1) is 16.0. The second-order valence-electron chi connectivity index (χ2n) is 5.29. The number of halogens is 1. The molecule has 0 aliphatic rings. The lowest BCUT2D eigenvalue weighted by Gasteiger charge is -2.12. The Labute approximate surface area is 134 Å². The molecule has 0 aliphatic heterocycles. The van der Waals surface area contributed by atoms with Gasteiger partial charge in [0.05, 0.1) is 5.69 Å². The molecule has 4 nitrogen and oxygen atoms in total. The molecule has 1 heterocycles. The van der Waals surface area contributed by atoms with Crippen LogP contribution in [0.15, 0.2) is 22.8 Å². The summed E-state index contributed by atoms with van der Waals surface area (Å²) in [5.74, 6) is 0.879. The van der Waals surface area contributed by atoms with E-state index in [0.29, 0.717) is 0 Å². The molecule has 0 saturated heterocycles. The van der Waals surface area contributed by atoms with Gasteiger partial charge >= 0.3 is 0 Å². The van der Waals surface area contributed by atoms with Crippen LogP contribution in [0.5, 0.6) is 0 Å². The van der Waals surface area contributed by atoms with Crippen LogP contribution in [0.1, 0.15) is 23.2 Å².